The van der Waals surface area contributed by atoms with Crippen LogP contribution < -0.4 is 14.8 Å². The van der Waals surface area contributed by atoms with Crippen LogP contribution in [0.5, 0.6) is 11.5 Å². The number of carbonyl (C=O) groups excluding carboxylic acids is 2. The number of ether oxygens (including phenoxy) is 2. The van der Waals surface area contributed by atoms with Crippen LogP contribution in [0.15, 0.2) is 103 Å². The average molecular weight is 575 g/mol. The number of methoxy groups -OCH3 is 2. The number of rotatable bonds is 10. The first-order chi connectivity index (χ1) is 20.8. The van der Waals surface area contributed by atoms with Gasteiger partial charge >= 0.3 is 0 Å². The minimum absolute atomic E-state index is 0.178. The summed E-state index contributed by atoms with van der Waals surface area (Å²) in [6.07, 6.45) is 1.89. The number of nitrogens with one attached hydrogen (secondary N) is 1. The second kappa shape index (κ2) is 13.1. The van der Waals surface area contributed by atoms with Gasteiger partial charge in [0.05, 0.1) is 19.9 Å². The van der Waals surface area contributed by atoms with E-state index in [1.54, 1.807) is 38.5 Å². The molecule has 0 bridgehead atoms. The molecule has 5 aromatic rings. The monoisotopic (exact) mass is 574 g/mol. The van der Waals surface area contributed by atoms with E-state index in [4.69, 9.17) is 14.5 Å². The summed E-state index contributed by atoms with van der Waals surface area (Å²) < 4.78 is 12.5. The summed E-state index contributed by atoms with van der Waals surface area (Å²) in [6, 6.07) is 30.2. The molecule has 43 heavy (non-hydrogen) atoms. The predicted molar refractivity (Wildman–Crippen MR) is 168 cm³/mol. The SMILES string of the molecule is COc1ccc(-c2cn(-c3ccc(C)c(C)c3)c(NC(=O)CN(Cc3ccccc3)C(=O)c3cccc(OC)c3)n2)cc1. The first-order valence-electron chi connectivity index (χ1n) is 13.9. The summed E-state index contributed by atoms with van der Waals surface area (Å²) in [7, 11) is 3.17. The molecule has 0 saturated heterocycles. The lowest BCUT2D eigenvalue weighted by molar-refractivity contribution is -0.117. The van der Waals surface area contributed by atoms with Crippen LogP contribution in [0.25, 0.3) is 16.9 Å². The van der Waals surface area contributed by atoms with Crippen molar-refractivity contribution < 1.29 is 19.1 Å². The number of anilines is 1. The summed E-state index contributed by atoms with van der Waals surface area (Å²) in [5.41, 5.74) is 6.04. The van der Waals surface area contributed by atoms with Crippen molar-refractivity contribution in [2.24, 2.45) is 0 Å². The van der Waals surface area contributed by atoms with Gasteiger partial charge in [-0.1, -0.05) is 42.5 Å². The van der Waals surface area contributed by atoms with E-state index in [0.717, 1.165) is 33.7 Å². The molecule has 0 spiro atoms. The maximum Gasteiger partial charge on any atom is 0.254 e. The van der Waals surface area contributed by atoms with E-state index in [0.29, 0.717) is 23.0 Å². The van der Waals surface area contributed by atoms with Crippen molar-refractivity contribution in [2.75, 3.05) is 26.1 Å². The molecule has 1 heterocycles. The Labute approximate surface area is 251 Å². The van der Waals surface area contributed by atoms with E-state index >= 15 is 0 Å². The first-order valence-corrected chi connectivity index (χ1v) is 13.9. The van der Waals surface area contributed by atoms with Crippen LogP contribution in [0.2, 0.25) is 0 Å². The van der Waals surface area contributed by atoms with Crippen molar-refractivity contribution in [1.29, 1.82) is 0 Å². The molecule has 1 N–H and O–H groups in total. The highest BCUT2D eigenvalue weighted by Crippen LogP contribution is 2.27. The molecular weight excluding hydrogens is 540 g/mol. The van der Waals surface area contributed by atoms with E-state index in [1.165, 1.54) is 4.90 Å². The lowest BCUT2D eigenvalue weighted by Gasteiger charge is -2.23. The fourth-order valence-electron chi connectivity index (χ4n) is 4.72. The zero-order valence-corrected chi connectivity index (χ0v) is 24.7. The minimum Gasteiger partial charge on any atom is -0.497 e. The molecule has 0 fully saturated rings. The Hall–Kier alpha value is -5.37. The lowest BCUT2D eigenvalue weighted by Crippen LogP contribution is -2.38. The highest BCUT2D eigenvalue weighted by Gasteiger charge is 2.22. The third-order valence-electron chi connectivity index (χ3n) is 7.27. The molecule has 0 aliphatic carbocycles. The van der Waals surface area contributed by atoms with Crippen LogP contribution in [0.3, 0.4) is 0 Å². The number of amides is 2. The van der Waals surface area contributed by atoms with Crippen molar-refractivity contribution in [3.05, 3.63) is 126 Å². The summed E-state index contributed by atoms with van der Waals surface area (Å²) in [6.45, 7) is 4.18. The van der Waals surface area contributed by atoms with Crippen molar-refractivity contribution in [3.8, 4) is 28.4 Å². The molecule has 0 atom stereocenters. The number of hydrogen-bond donors (Lipinski definition) is 1. The fraction of sp³-hybridized carbons (Fsp3) is 0.171. The number of aryl methyl sites for hydroxylation is 2. The molecule has 8 nitrogen and oxygen atoms in total. The van der Waals surface area contributed by atoms with E-state index in [1.807, 2.05) is 84.4 Å². The van der Waals surface area contributed by atoms with Crippen LogP contribution >= 0.6 is 0 Å². The average Bonchev–Trinajstić information content (AvgIpc) is 3.45. The van der Waals surface area contributed by atoms with Gasteiger partial charge in [0.15, 0.2) is 0 Å². The van der Waals surface area contributed by atoms with Gasteiger partial charge in [0, 0.05) is 29.6 Å². The van der Waals surface area contributed by atoms with Gasteiger partial charge in [-0.3, -0.25) is 19.5 Å². The van der Waals surface area contributed by atoms with E-state index in [9.17, 15) is 9.59 Å². The topological polar surface area (TPSA) is 85.7 Å². The summed E-state index contributed by atoms with van der Waals surface area (Å²) in [5, 5.41) is 2.97. The number of aromatic nitrogens is 2. The van der Waals surface area contributed by atoms with Crippen molar-refractivity contribution in [1.82, 2.24) is 14.5 Å². The zero-order chi connectivity index (χ0) is 30.3. The molecule has 218 valence electrons. The number of nitrogens with zero attached hydrogens (tertiary/aromatic N) is 3. The number of imidazole rings is 1. The molecule has 0 unspecified atom stereocenters. The molecule has 0 radical (unpaired) electrons. The Kier molecular flexibility index (Phi) is 8.86. The fourth-order valence-corrected chi connectivity index (χ4v) is 4.72. The number of carbonyl (C=O) groups is 2. The van der Waals surface area contributed by atoms with Crippen LogP contribution in [0.1, 0.15) is 27.0 Å². The van der Waals surface area contributed by atoms with Gasteiger partial charge in [0.1, 0.15) is 18.0 Å². The molecule has 4 aromatic carbocycles. The Morgan fingerprint density at radius 3 is 2.26 bits per heavy atom. The molecule has 5 rings (SSSR count). The largest absolute Gasteiger partial charge is 0.497 e. The second-order valence-corrected chi connectivity index (χ2v) is 10.2. The molecule has 1 aromatic heterocycles. The van der Waals surface area contributed by atoms with E-state index < -0.39 is 0 Å². The Morgan fingerprint density at radius 1 is 0.814 bits per heavy atom. The van der Waals surface area contributed by atoms with Gasteiger partial charge in [-0.05, 0) is 85.1 Å². The van der Waals surface area contributed by atoms with Crippen molar-refractivity contribution in [3.63, 3.8) is 0 Å². The molecule has 8 heteroatoms. The third kappa shape index (κ3) is 6.93. The summed E-state index contributed by atoms with van der Waals surface area (Å²) in [4.78, 5) is 33.6. The third-order valence-corrected chi connectivity index (χ3v) is 7.27. The quantitative estimate of drug-likeness (QED) is 0.207. The van der Waals surface area contributed by atoms with Crippen LogP contribution in [-0.4, -0.2) is 47.0 Å². The number of hydrogen-bond acceptors (Lipinski definition) is 5. The molecule has 0 aliphatic rings. The maximum absolute atomic E-state index is 13.7. The Morgan fingerprint density at radius 2 is 1.56 bits per heavy atom. The lowest BCUT2D eigenvalue weighted by atomic mass is 10.1. The van der Waals surface area contributed by atoms with Crippen molar-refractivity contribution in [2.45, 2.75) is 20.4 Å². The molecule has 0 saturated carbocycles. The highest BCUT2D eigenvalue weighted by atomic mass is 16.5. The summed E-state index contributed by atoms with van der Waals surface area (Å²) >= 11 is 0. The zero-order valence-electron chi connectivity index (χ0n) is 24.7. The van der Waals surface area contributed by atoms with E-state index in [-0.39, 0.29) is 24.9 Å². The summed E-state index contributed by atoms with van der Waals surface area (Å²) in [5.74, 6) is 1.01. The van der Waals surface area contributed by atoms with Crippen LogP contribution in [0.4, 0.5) is 5.95 Å². The van der Waals surface area contributed by atoms with Crippen LogP contribution in [-0.2, 0) is 11.3 Å². The smallest absolute Gasteiger partial charge is 0.254 e. The van der Waals surface area contributed by atoms with Crippen molar-refractivity contribution >= 4 is 17.8 Å². The molecule has 0 aliphatic heterocycles. The number of benzene rings is 4. The molecular formula is C35H34N4O4. The van der Waals surface area contributed by atoms with Gasteiger partial charge in [-0.2, -0.15) is 0 Å². The van der Waals surface area contributed by atoms with Gasteiger partial charge in [-0.15, -0.1) is 0 Å². The molecule has 2 amide bonds. The van der Waals surface area contributed by atoms with Gasteiger partial charge in [0.2, 0.25) is 11.9 Å². The van der Waals surface area contributed by atoms with Gasteiger partial charge in [0.25, 0.3) is 5.91 Å². The van der Waals surface area contributed by atoms with Crippen LogP contribution in [0, 0.1) is 13.8 Å². The highest BCUT2D eigenvalue weighted by molar-refractivity contribution is 5.99. The Bertz CT molecular complexity index is 1730. The van der Waals surface area contributed by atoms with E-state index in [2.05, 4.69) is 18.3 Å². The minimum atomic E-state index is -0.371. The second-order valence-electron chi connectivity index (χ2n) is 10.2. The van der Waals surface area contributed by atoms with Gasteiger partial charge in [-0.25, -0.2) is 4.98 Å². The van der Waals surface area contributed by atoms with Gasteiger partial charge < -0.3 is 14.4 Å². The standard InChI is InChI=1S/C35H34N4O4/c1-24-13-16-29(19-25(24)2)39-22-32(27-14-17-30(42-3)18-15-27)36-35(39)37-33(40)23-38(21-26-9-6-5-7-10-26)34(41)28-11-8-12-31(20-28)43-4/h5-20,22H,21,23H2,1-4H3,(H,36,37,40). The maximum atomic E-state index is 13.7. The Balaban J connectivity index is 1.46. The first kappa shape index (κ1) is 29.1. The predicted octanol–water partition coefficient (Wildman–Crippen LogP) is 6.45. The normalized spacial score (nSPS) is 10.7.